The molecule has 0 aliphatic rings. The highest BCUT2D eigenvalue weighted by atomic mass is 17.2. The van der Waals surface area contributed by atoms with Crippen molar-refractivity contribution in [3.63, 3.8) is 0 Å². The first-order valence-corrected chi connectivity index (χ1v) is 2.09. The third-order valence-corrected chi connectivity index (χ3v) is 0.343. The summed E-state index contributed by atoms with van der Waals surface area (Å²) in [6.07, 6.45) is 0. The van der Waals surface area contributed by atoms with Crippen molar-refractivity contribution in [1.29, 1.82) is 0 Å². The van der Waals surface area contributed by atoms with Crippen LogP contribution in [0.15, 0.2) is 0 Å². The van der Waals surface area contributed by atoms with Crippen LogP contribution in [0.4, 0.5) is 0 Å². The van der Waals surface area contributed by atoms with Gasteiger partial charge in [0.15, 0.2) is 0 Å². The molecule has 3 N–H and O–H groups in total. The molecule has 0 aromatic rings. The quantitative estimate of drug-likeness (QED) is 0.165. The summed E-state index contributed by atoms with van der Waals surface area (Å²) in [6, 6.07) is 0. The highest BCUT2D eigenvalue weighted by molar-refractivity contribution is 4.02. The van der Waals surface area contributed by atoms with Gasteiger partial charge in [0.25, 0.3) is 0 Å². The van der Waals surface area contributed by atoms with E-state index < -0.39 is 0 Å². The summed E-state index contributed by atoms with van der Waals surface area (Å²) in [5.74, 6) is 4.81. The minimum absolute atomic E-state index is 0.230. The lowest BCUT2D eigenvalue weighted by Crippen LogP contribution is -2.24. The molecule has 0 heterocycles. The third-order valence-electron chi connectivity index (χ3n) is 0.343. The Bertz CT molecular complexity index is 30.1. The molecule has 4 nitrogen and oxygen atoms in total. The molecule has 0 spiro atoms. The van der Waals surface area contributed by atoms with Gasteiger partial charge < -0.3 is 0 Å². The summed E-state index contributed by atoms with van der Waals surface area (Å²) >= 11 is 0. The van der Waals surface area contributed by atoms with Crippen molar-refractivity contribution in [1.82, 2.24) is 5.43 Å². The minimum Gasteiger partial charge on any atom is -0.269 e. The van der Waals surface area contributed by atoms with E-state index in [1.54, 1.807) is 0 Å². The number of rotatable bonds is 4. The lowest BCUT2D eigenvalue weighted by Gasteiger charge is -1.96. The Morgan fingerprint density at radius 3 is 2.71 bits per heavy atom. The molecule has 4 heteroatoms. The first kappa shape index (κ1) is 6.84. The van der Waals surface area contributed by atoms with Crippen LogP contribution >= 0.6 is 0 Å². The second kappa shape index (κ2) is 5.84. The molecule has 0 atom stereocenters. The Hall–Kier alpha value is -0.160. The highest BCUT2D eigenvalue weighted by Crippen LogP contribution is 1.69. The van der Waals surface area contributed by atoms with Gasteiger partial charge in [-0.3, -0.25) is 5.84 Å². The molecule has 0 aromatic heterocycles. The van der Waals surface area contributed by atoms with Crippen LogP contribution in [-0.2, 0) is 9.78 Å². The number of hydrazine groups is 1. The predicted octanol–water partition coefficient (Wildman–Crippen LogP) is -0.625. The molecule has 0 aliphatic heterocycles. The largest absolute Gasteiger partial charge is 0.269 e. The normalized spacial score (nSPS) is 9.43. The minimum atomic E-state index is 0.230. The molecule has 0 unspecified atom stereocenters. The van der Waals surface area contributed by atoms with E-state index in [-0.39, 0.29) is 6.73 Å². The van der Waals surface area contributed by atoms with E-state index >= 15 is 0 Å². The van der Waals surface area contributed by atoms with E-state index in [0.29, 0.717) is 6.61 Å². The van der Waals surface area contributed by atoms with Crippen molar-refractivity contribution < 1.29 is 9.78 Å². The highest BCUT2D eigenvalue weighted by Gasteiger charge is 1.76. The zero-order chi connectivity index (χ0) is 5.54. The second-order valence-corrected chi connectivity index (χ2v) is 0.873. The maximum Gasteiger partial charge on any atom is 0.145 e. The average molecular weight is 106 g/mol. The lowest BCUT2D eigenvalue weighted by molar-refractivity contribution is -0.295. The van der Waals surface area contributed by atoms with Crippen molar-refractivity contribution in [2.75, 3.05) is 13.3 Å². The smallest absolute Gasteiger partial charge is 0.145 e. The molecule has 0 aromatic carbocycles. The second-order valence-electron chi connectivity index (χ2n) is 0.873. The lowest BCUT2D eigenvalue weighted by atomic mass is 10.9. The summed E-state index contributed by atoms with van der Waals surface area (Å²) in [5, 5.41) is 0. The molecule has 0 saturated carbocycles. The fourth-order valence-corrected chi connectivity index (χ4v) is 0.159. The summed E-state index contributed by atoms with van der Waals surface area (Å²) in [4.78, 5) is 8.83. The molecule has 0 aliphatic carbocycles. The van der Waals surface area contributed by atoms with E-state index in [9.17, 15) is 0 Å². The fourth-order valence-electron chi connectivity index (χ4n) is 0.159. The van der Waals surface area contributed by atoms with E-state index in [2.05, 4.69) is 15.2 Å². The number of hydrogen-bond donors (Lipinski definition) is 2. The van der Waals surface area contributed by atoms with E-state index in [1.807, 2.05) is 6.92 Å². The van der Waals surface area contributed by atoms with E-state index in [0.717, 1.165) is 0 Å². The summed E-state index contributed by atoms with van der Waals surface area (Å²) in [6.45, 7) is 2.60. The van der Waals surface area contributed by atoms with Crippen LogP contribution in [0.25, 0.3) is 0 Å². The third kappa shape index (κ3) is 5.84. The van der Waals surface area contributed by atoms with Crippen molar-refractivity contribution in [3.05, 3.63) is 0 Å². The Morgan fingerprint density at radius 2 is 2.29 bits per heavy atom. The Kier molecular flexibility index (Phi) is 5.71. The van der Waals surface area contributed by atoms with Crippen molar-refractivity contribution >= 4 is 0 Å². The first-order chi connectivity index (χ1) is 3.41. The predicted molar refractivity (Wildman–Crippen MR) is 24.9 cm³/mol. The molecular weight excluding hydrogens is 96.0 g/mol. The number of nitrogens with one attached hydrogen (secondary N) is 1. The van der Waals surface area contributed by atoms with Gasteiger partial charge in [-0.15, -0.1) is 0 Å². The molecule has 0 saturated heterocycles. The SMILES string of the molecule is CCOOCNN. The van der Waals surface area contributed by atoms with Crippen LogP contribution in [0.3, 0.4) is 0 Å². The summed E-state index contributed by atoms with van der Waals surface area (Å²) in [7, 11) is 0. The van der Waals surface area contributed by atoms with Gasteiger partial charge in [-0.05, 0) is 6.92 Å². The van der Waals surface area contributed by atoms with Gasteiger partial charge in [-0.2, -0.15) is 0 Å². The van der Waals surface area contributed by atoms with Crippen molar-refractivity contribution in [3.8, 4) is 0 Å². The Labute approximate surface area is 42.5 Å². The standard InChI is InChI=1S/C3H10N2O2/c1-2-6-7-3-5-4/h5H,2-4H2,1H3. The van der Waals surface area contributed by atoms with Gasteiger partial charge in [-0.25, -0.2) is 15.2 Å². The van der Waals surface area contributed by atoms with E-state index in [4.69, 9.17) is 5.84 Å². The van der Waals surface area contributed by atoms with Crippen LogP contribution in [0, 0.1) is 0 Å². The van der Waals surface area contributed by atoms with Gasteiger partial charge in [0.1, 0.15) is 6.73 Å². The zero-order valence-electron chi connectivity index (χ0n) is 4.31. The molecule has 0 radical (unpaired) electrons. The first-order valence-electron chi connectivity index (χ1n) is 2.09. The molecule has 0 fully saturated rings. The maximum atomic E-state index is 4.81. The molecule has 0 rings (SSSR count). The Balaban J connectivity index is 2.45. The summed E-state index contributed by atoms with van der Waals surface area (Å²) in [5.41, 5.74) is 2.26. The Morgan fingerprint density at radius 1 is 1.57 bits per heavy atom. The average Bonchev–Trinajstić information content (AvgIpc) is 1.69. The van der Waals surface area contributed by atoms with Gasteiger partial charge >= 0.3 is 0 Å². The van der Waals surface area contributed by atoms with Crippen LogP contribution in [0.2, 0.25) is 0 Å². The number of hydrogen-bond acceptors (Lipinski definition) is 4. The van der Waals surface area contributed by atoms with Crippen LogP contribution in [-0.4, -0.2) is 13.3 Å². The van der Waals surface area contributed by atoms with E-state index in [1.165, 1.54) is 0 Å². The molecule has 0 bridgehead atoms. The van der Waals surface area contributed by atoms with Crippen molar-refractivity contribution in [2.24, 2.45) is 5.84 Å². The van der Waals surface area contributed by atoms with Gasteiger partial charge in [0.05, 0.1) is 6.61 Å². The van der Waals surface area contributed by atoms with Gasteiger partial charge in [0.2, 0.25) is 0 Å². The molecule has 44 valence electrons. The zero-order valence-corrected chi connectivity index (χ0v) is 4.31. The van der Waals surface area contributed by atoms with Crippen LogP contribution in [0.1, 0.15) is 6.92 Å². The van der Waals surface area contributed by atoms with Crippen molar-refractivity contribution in [2.45, 2.75) is 6.92 Å². The van der Waals surface area contributed by atoms with Crippen LogP contribution < -0.4 is 11.3 Å². The molecule has 7 heavy (non-hydrogen) atoms. The summed E-state index contributed by atoms with van der Waals surface area (Å²) < 4.78 is 0. The number of nitrogens with two attached hydrogens (primary N) is 1. The van der Waals surface area contributed by atoms with Gasteiger partial charge in [-0.1, -0.05) is 0 Å². The van der Waals surface area contributed by atoms with Gasteiger partial charge in [0, 0.05) is 0 Å². The van der Waals surface area contributed by atoms with Crippen LogP contribution in [0.5, 0.6) is 0 Å². The monoisotopic (exact) mass is 106 g/mol. The topological polar surface area (TPSA) is 56.5 Å². The maximum absolute atomic E-state index is 4.81. The molecular formula is C3H10N2O2. The fraction of sp³-hybridized carbons (Fsp3) is 1.00. The molecule has 0 amide bonds.